The summed E-state index contributed by atoms with van der Waals surface area (Å²) in [6.45, 7) is 0. The average molecular weight is 302 g/mol. The predicted octanol–water partition coefficient (Wildman–Crippen LogP) is 2.66. The molecule has 2 rings (SSSR count). The second-order valence-electron chi connectivity index (χ2n) is 4.61. The lowest BCUT2D eigenvalue weighted by molar-refractivity contribution is -0.115. The van der Waals surface area contributed by atoms with E-state index in [1.165, 1.54) is 0 Å². The molecule has 0 unspecified atom stereocenters. The summed E-state index contributed by atoms with van der Waals surface area (Å²) in [4.78, 5) is 22.2. The van der Waals surface area contributed by atoms with Gasteiger partial charge in [0.1, 0.15) is 5.82 Å². The van der Waals surface area contributed by atoms with Crippen LogP contribution in [0.5, 0.6) is 0 Å². The first-order chi connectivity index (χ1) is 10.1. The summed E-state index contributed by atoms with van der Waals surface area (Å²) in [5.41, 5.74) is 0.999. The molecule has 0 spiro atoms. The summed E-state index contributed by atoms with van der Waals surface area (Å²) in [6.07, 6.45) is 3.91. The number of anilines is 2. The highest BCUT2D eigenvalue weighted by molar-refractivity contribution is 7.99. The molecule has 0 saturated carbocycles. The van der Waals surface area contributed by atoms with E-state index in [-0.39, 0.29) is 5.91 Å². The van der Waals surface area contributed by atoms with Crippen molar-refractivity contribution >= 4 is 29.2 Å². The summed E-state index contributed by atoms with van der Waals surface area (Å²) in [6, 6.07) is 9.47. The number of nitrogens with one attached hydrogen (secondary N) is 1. The van der Waals surface area contributed by atoms with E-state index in [1.807, 2.05) is 43.3 Å². The van der Waals surface area contributed by atoms with Crippen LogP contribution in [0.2, 0.25) is 0 Å². The number of thioether (sulfide) groups is 1. The summed E-state index contributed by atoms with van der Waals surface area (Å²) >= 11 is 1.57. The van der Waals surface area contributed by atoms with Crippen molar-refractivity contribution in [3.8, 4) is 0 Å². The molecule has 0 aliphatic rings. The molecule has 1 amide bonds. The molecular weight excluding hydrogens is 284 g/mol. The Morgan fingerprint density at radius 3 is 2.71 bits per heavy atom. The molecule has 0 fully saturated rings. The molecule has 2 aromatic heterocycles. The topological polar surface area (TPSA) is 58.1 Å². The van der Waals surface area contributed by atoms with Gasteiger partial charge in [0, 0.05) is 32.5 Å². The van der Waals surface area contributed by atoms with Gasteiger partial charge < -0.3 is 10.2 Å². The fourth-order valence-electron chi connectivity index (χ4n) is 1.61. The summed E-state index contributed by atoms with van der Waals surface area (Å²) < 4.78 is 0. The molecule has 1 N–H and O–H groups in total. The van der Waals surface area contributed by atoms with Crippen LogP contribution in [0.25, 0.3) is 0 Å². The lowest BCUT2D eigenvalue weighted by Gasteiger charge is -2.12. The molecule has 0 radical (unpaired) electrons. The number of carbonyl (C=O) groups excluding carboxylic acids is 1. The molecule has 0 atom stereocenters. The van der Waals surface area contributed by atoms with E-state index in [9.17, 15) is 4.79 Å². The van der Waals surface area contributed by atoms with E-state index >= 15 is 0 Å². The van der Waals surface area contributed by atoms with Crippen molar-refractivity contribution in [2.75, 3.05) is 30.1 Å². The second-order valence-corrected chi connectivity index (χ2v) is 5.73. The smallest absolute Gasteiger partial charge is 0.226 e. The first-order valence-corrected chi connectivity index (χ1v) is 7.61. The highest BCUT2D eigenvalue weighted by atomic mass is 32.2. The molecular formula is C15H18N4OS. The van der Waals surface area contributed by atoms with Gasteiger partial charge in [0.05, 0.1) is 16.9 Å². The number of carbonyl (C=O) groups is 1. The molecule has 110 valence electrons. The van der Waals surface area contributed by atoms with E-state index in [4.69, 9.17) is 0 Å². The Morgan fingerprint density at radius 1 is 1.24 bits per heavy atom. The molecule has 5 nitrogen and oxygen atoms in total. The van der Waals surface area contributed by atoms with Gasteiger partial charge >= 0.3 is 0 Å². The molecule has 21 heavy (non-hydrogen) atoms. The van der Waals surface area contributed by atoms with Crippen LogP contribution in [0, 0.1) is 0 Å². The van der Waals surface area contributed by atoms with Crippen LogP contribution in [0.3, 0.4) is 0 Å². The fraction of sp³-hybridized carbons (Fsp3) is 0.267. The normalized spacial score (nSPS) is 10.2. The van der Waals surface area contributed by atoms with Crippen molar-refractivity contribution in [2.45, 2.75) is 11.4 Å². The second kappa shape index (κ2) is 7.64. The Kier molecular flexibility index (Phi) is 5.57. The summed E-state index contributed by atoms with van der Waals surface area (Å²) in [5, 5.41) is 3.72. The van der Waals surface area contributed by atoms with E-state index in [0.717, 1.165) is 10.7 Å². The number of rotatable bonds is 6. The maximum absolute atomic E-state index is 11.8. The maximum atomic E-state index is 11.8. The van der Waals surface area contributed by atoms with Gasteiger partial charge in [-0.2, -0.15) is 0 Å². The van der Waals surface area contributed by atoms with Crippen LogP contribution >= 0.6 is 11.8 Å². The lowest BCUT2D eigenvalue weighted by atomic mass is 10.3. The van der Waals surface area contributed by atoms with Gasteiger partial charge in [0.15, 0.2) is 0 Å². The molecule has 0 aromatic carbocycles. The van der Waals surface area contributed by atoms with Crippen molar-refractivity contribution in [3.63, 3.8) is 0 Å². The third kappa shape index (κ3) is 5.07. The Labute approximate surface area is 128 Å². The molecule has 0 saturated heterocycles. The van der Waals surface area contributed by atoms with Gasteiger partial charge in [0.25, 0.3) is 0 Å². The minimum atomic E-state index is -0.0384. The molecule has 2 aromatic rings. The third-order valence-corrected chi connectivity index (χ3v) is 3.69. The highest BCUT2D eigenvalue weighted by Gasteiger charge is 2.05. The maximum Gasteiger partial charge on any atom is 0.226 e. The number of nitrogens with zero attached hydrogens (tertiary/aromatic N) is 3. The molecule has 0 aliphatic heterocycles. The zero-order valence-corrected chi connectivity index (χ0v) is 12.9. The SMILES string of the molecule is CN(C)c1ccc(NC(=O)CCSc2ccccn2)nc1. The van der Waals surface area contributed by atoms with Crippen LogP contribution in [0.4, 0.5) is 11.5 Å². The number of amides is 1. The van der Waals surface area contributed by atoms with Crippen molar-refractivity contribution in [2.24, 2.45) is 0 Å². The molecule has 2 heterocycles. The predicted molar refractivity (Wildman–Crippen MR) is 86.8 cm³/mol. The van der Waals surface area contributed by atoms with E-state index in [1.54, 1.807) is 30.2 Å². The van der Waals surface area contributed by atoms with Crippen molar-refractivity contribution in [1.29, 1.82) is 0 Å². The van der Waals surface area contributed by atoms with Gasteiger partial charge in [-0.15, -0.1) is 11.8 Å². The quantitative estimate of drug-likeness (QED) is 0.831. The zero-order valence-electron chi connectivity index (χ0n) is 12.1. The van der Waals surface area contributed by atoms with E-state index < -0.39 is 0 Å². The standard InChI is InChI=1S/C15H18N4OS/c1-19(2)12-6-7-13(17-11-12)18-14(20)8-10-21-15-5-3-4-9-16-15/h3-7,9,11H,8,10H2,1-2H3,(H,17,18,20). The highest BCUT2D eigenvalue weighted by Crippen LogP contribution is 2.16. The van der Waals surface area contributed by atoms with Gasteiger partial charge in [0.2, 0.25) is 5.91 Å². The number of hydrogen-bond donors (Lipinski definition) is 1. The van der Waals surface area contributed by atoms with Gasteiger partial charge in [-0.3, -0.25) is 4.79 Å². The molecule has 0 aliphatic carbocycles. The van der Waals surface area contributed by atoms with Gasteiger partial charge in [-0.25, -0.2) is 9.97 Å². The van der Waals surface area contributed by atoms with Crippen molar-refractivity contribution in [1.82, 2.24) is 9.97 Å². The Morgan fingerprint density at radius 2 is 2.10 bits per heavy atom. The average Bonchev–Trinajstić information content (AvgIpc) is 2.49. The molecule has 0 bridgehead atoms. The van der Waals surface area contributed by atoms with Crippen LogP contribution in [0.1, 0.15) is 6.42 Å². The van der Waals surface area contributed by atoms with Gasteiger partial charge in [-0.1, -0.05) is 6.07 Å². The lowest BCUT2D eigenvalue weighted by Crippen LogP contribution is -2.14. The van der Waals surface area contributed by atoms with Crippen LogP contribution < -0.4 is 10.2 Å². The van der Waals surface area contributed by atoms with Crippen molar-refractivity contribution in [3.05, 3.63) is 42.7 Å². The summed E-state index contributed by atoms with van der Waals surface area (Å²) in [5.74, 6) is 1.23. The Balaban J connectivity index is 1.76. The number of pyridine rings is 2. The minimum absolute atomic E-state index is 0.0384. The Bertz CT molecular complexity index is 572. The van der Waals surface area contributed by atoms with E-state index in [2.05, 4.69) is 15.3 Å². The van der Waals surface area contributed by atoms with Crippen LogP contribution in [-0.2, 0) is 4.79 Å². The Hall–Kier alpha value is -2.08. The fourth-order valence-corrected chi connectivity index (χ4v) is 2.42. The first kappa shape index (κ1) is 15.3. The van der Waals surface area contributed by atoms with E-state index in [0.29, 0.717) is 18.0 Å². The first-order valence-electron chi connectivity index (χ1n) is 6.62. The third-order valence-electron chi connectivity index (χ3n) is 2.75. The monoisotopic (exact) mass is 302 g/mol. The molecule has 6 heteroatoms. The number of aromatic nitrogens is 2. The van der Waals surface area contributed by atoms with Crippen molar-refractivity contribution < 1.29 is 4.79 Å². The largest absolute Gasteiger partial charge is 0.376 e. The zero-order chi connectivity index (χ0) is 15.1. The van der Waals surface area contributed by atoms with Crippen LogP contribution in [0.15, 0.2) is 47.8 Å². The van der Waals surface area contributed by atoms with Crippen LogP contribution in [-0.4, -0.2) is 35.7 Å². The van der Waals surface area contributed by atoms with Gasteiger partial charge in [-0.05, 0) is 24.3 Å². The summed E-state index contributed by atoms with van der Waals surface area (Å²) in [7, 11) is 3.90. The minimum Gasteiger partial charge on any atom is -0.376 e. The number of hydrogen-bond acceptors (Lipinski definition) is 5.